The molecule has 1 aromatic rings. The number of rotatable bonds is 6. The summed E-state index contributed by atoms with van der Waals surface area (Å²) in [5.41, 5.74) is -0.335. The number of hydrogen-bond donors (Lipinski definition) is 1. The van der Waals surface area contributed by atoms with Gasteiger partial charge in [0.05, 0.1) is 37.7 Å². The minimum Gasteiger partial charge on any atom is -0.379 e. The zero-order valence-electron chi connectivity index (χ0n) is 16.8. The second kappa shape index (κ2) is 7.76. The first-order valence-electron chi connectivity index (χ1n) is 10.6. The van der Waals surface area contributed by atoms with Gasteiger partial charge >= 0.3 is 0 Å². The first-order chi connectivity index (χ1) is 14.6. The number of anilines is 1. The van der Waals surface area contributed by atoms with Crippen molar-refractivity contribution in [2.24, 2.45) is 11.8 Å². The average Bonchev–Trinajstić information content (AvgIpc) is 3.37. The highest BCUT2D eigenvalue weighted by atomic mass is 19.1. The van der Waals surface area contributed by atoms with Crippen LogP contribution < -0.4 is 5.32 Å². The van der Waals surface area contributed by atoms with Crippen LogP contribution in [-0.4, -0.2) is 79.3 Å². The van der Waals surface area contributed by atoms with Crippen LogP contribution in [0, 0.1) is 17.7 Å². The number of ether oxygens (including phenoxy) is 2. The Kier molecular flexibility index (Phi) is 5.08. The standard InChI is InChI=1S/C22H26FN3O4/c23-15-3-1-4-16(13-15)24-20(27)18-17-5-6-22(30-17)14-26(21(28)19(18)22)8-2-7-25-9-11-29-12-10-25/h1,3-6,13,17-19H,2,7-12,14H2,(H,24,27)/t17-,18+,19-,22?/m1/s1. The quantitative estimate of drug-likeness (QED) is 0.709. The maximum atomic E-state index is 13.5. The molecule has 0 aromatic heterocycles. The number of halogens is 1. The summed E-state index contributed by atoms with van der Waals surface area (Å²) in [5.74, 6) is -1.87. The normalized spacial score (nSPS) is 32.6. The van der Waals surface area contributed by atoms with Crippen LogP contribution in [-0.2, 0) is 19.1 Å². The second-order valence-electron chi connectivity index (χ2n) is 8.47. The van der Waals surface area contributed by atoms with Crippen molar-refractivity contribution < 1.29 is 23.5 Å². The molecule has 0 aliphatic carbocycles. The van der Waals surface area contributed by atoms with Gasteiger partial charge in [0, 0.05) is 31.9 Å². The number of nitrogens with zero attached hydrogens (tertiary/aromatic N) is 2. The largest absolute Gasteiger partial charge is 0.379 e. The Balaban J connectivity index is 1.24. The van der Waals surface area contributed by atoms with E-state index in [1.165, 1.54) is 12.1 Å². The third-order valence-corrected chi connectivity index (χ3v) is 6.58. The molecule has 1 spiro atoms. The Morgan fingerprint density at radius 2 is 2.10 bits per heavy atom. The van der Waals surface area contributed by atoms with E-state index in [4.69, 9.17) is 9.47 Å². The van der Waals surface area contributed by atoms with E-state index in [1.807, 2.05) is 17.1 Å². The van der Waals surface area contributed by atoms with Crippen LogP contribution in [0.4, 0.5) is 10.1 Å². The van der Waals surface area contributed by atoms with Crippen molar-refractivity contribution in [3.8, 4) is 0 Å². The molecule has 5 rings (SSSR count). The molecule has 30 heavy (non-hydrogen) atoms. The van der Waals surface area contributed by atoms with Crippen LogP contribution >= 0.6 is 0 Å². The topological polar surface area (TPSA) is 71.1 Å². The molecule has 1 aromatic carbocycles. The van der Waals surface area contributed by atoms with E-state index in [1.54, 1.807) is 12.1 Å². The minimum atomic E-state index is -0.718. The van der Waals surface area contributed by atoms with E-state index >= 15 is 0 Å². The van der Waals surface area contributed by atoms with Crippen molar-refractivity contribution in [2.75, 3.05) is 51.3 Å². The molecule has 3 saturated heterocycles. The molecule has 4 heterocycles. The molecule has 2 amide bonds. The number of morpholine rings is 1. The first kappa shape index (κ1) is 19.7. The lowest BCUT2D eigenvalue weighted by molar-refractivity contribution is -0.135. The molecule has 4 aliphatic heterocycles. The van der Waals surface area contributed by atoms with Crippen molar-refractivity contribution in [1.82, 2.24) is 9.80 Å². The highest BCUT2D eigenvalue weighted by Gasteiger charge is 2.66. The zero-order chi connectivity index (χ0) is 20.7. The lowest BCUT2D eigenvalue weighted by atomic mass is 9.77. The van der Waals surface area contributed by atoms with E-state index < -0.39 is 29.4 Å². The van der Waals surface area contributed by atoms with Crippen LogP contribution in [0.5, 0.6) is 0 Å². The number of carbonyl (C=O) groups is 2. The predicted octanol–water partition coefficient (Wildman–Crippen LogP) is 1.27. The third kappa shape index (κ3) is 3.42. The van der Waals surface area contributed by atoms with Gasteiger partial charge in [-0.2, -0.15) is 0 Å². The predicted molar refractivity (Wildman–Crippen MR) is 107 cm³/mol. The number of fused-ring (bicyclic) bond motifs is 1. The molecule has 4 aliphatic rings. The highest BCUT2D eigenvalue weighted by Crippen LogP contribution is 2.52. The van der Waals surface area contributed by atoms with Crippen LogP contribution in [0.15, 0.2) is 36.4 Å². The number of hydrogen-bond acceptors (Lipinski definition) is 5. The Morgan fingerprint density at radius 1 is 1.27 bits per heavy atom. The summed E-state index contributed by atoms with van der Waals surface area (Å²) in [7, 11) is 0. The molecule has 1 unspecified atom stereocenters. The number of amides is 2. The summed E-state index contributed by atoms with van der Waals surface area (Å²) in [6.07, 6.45) is 4.30. The Bertz CT molecular complexity index is 872. The average molecular weight is 415 g/mol. The summed E-state index contributed by atoms with van der Waals surface area (Å²) in [6, 6.07) is 5.77. The van der Waals surface area contributed by atoms with E-state index in [0.717, 1.165) is 39.3 Å². The van der Waals surface area contributed by atoms with Gasteiger partial charge < -0.3 is 19.7 Å². The van der Waals surface area contributed by atoms with Crippen LogP contribution in [0.1, 0.15) is 6.42 Å². The van der Waals surface area contributed by atoms with Crippen molar-refractivity contribution in [3.05, 3.63) is 42.2 Å². The minimum absolute atomic E-state index is 0.0248. The SMILES string of the molecule is O=C(Nc1cccc(F)c1)[C@H]1[C@H]2C=CC3(CN(CCCN4CCOCC4)C(=O)[C@@H]13)O2. The van der Waals surface area contributed by atoms with Gasteiger partial charge in [-0.3, -0.25) is 14.5 Å². The fraction of sp³-hybridized carbons (Fsp3) is 0.545. The van der Waals surface area contributed by atoms with Gasteiger partial charge in [0.25, 0.3) is 0 Å². The van der Waals surface area contributed by atoms with Crippen molar-refractivity contribution in [2.45, 2.75) is 18.1 Å². The summed E-state index contributed by atoms with van der Waals surface area (Å²) >= 11 is 0. The highest BCUT2D eigenvalue weighted by molar-refractivity contribution is 5.99. The van der Waals surface area contributed by atoms with Gasteiger partial charge in [-0.05, 0) is 24.6 Å². The number of carbonyl (C=O) groups excluding carboxylic acids is 2. The Labute approximate surface area is 174 Å². The summed E-state index contributed by atoms with van der Waals surface area (Å²) in [5, 5.41) is 2.76. The van der Waals surface area contributed by atoms with Gasteiger partial charge in [-0.15, -0.1) is 0 Å². The maximum absolute atomic E-state index is 13.5. The van der Waals surface area contributed by atoms with Gasteiger partial charge in [-0.25, -0.2) is 4.39 Å². The third-order valence-electron chi connectivity index (χ3n) is 6.58. The molecule has 7 nitrogen and oxygen atoms in total. The van der Waals surface area contributed by atoms with E-state index in [-0.39, 0.29) is 11.8 Å². The van der Waals surface area contributed by atoms with Gasteiger partial charge in [-0.1, -0.05) is 18.2 Å². The fourth-order valence-corrected chi connectivity index (χ4v) is 5.17. The monoisotopic (exact) mass is 415 g/mol. The number of nitrogens with one attached hydrogen (secondary N) is 1. The van der Waals surface area contributed by atoms with Crippen molar-refractivity contribution >= 4 is 17.5 Å². The van der Waals surface area contributed by atoms with Crippen molar-refractivity contribution in [1.29, 1.82) is 0 Å². The van der Waals surface area contributed by atoms with Gasteiger partial charge in [0.1, 0.15) is 11.4 Å². The van der Waals surface area contributed by atoms with Crippen molar-refractivity contribution in [3.63, 3.8) is 0 Å². The molecule has 0 radical (unpaired) electrons. The summed E-state index contributed by atoms with van der Waals surface area (Å²) in [4.78, 5) is 30.4. The Morgan fingerprint density at radius 3 is 2.90 bits per heavy atom. The summed E-state index contributed by atoms with van der Waals surface area (Å²) in [6.45, 7) is 5.43. The fourth-order valence-electron chi connectivity index (χ4n) is 5.17. The first-order valence-corrected chi connectivity index (χ1v) is 10.6. The van der Waals surface area contributed by atoms with E-state index in [0.29, 0.717) is 18.8 Å². The maximum Gasteiger partial charge on any atom is 0.231 e. The number of likely N-dealkylation sites (tertiary alicyclic amines) is 1. The van der Waals surface area contributed by atoms with Gasteiger partial charge in [0.2, 0.25) is 11.8 Å². The van der Waals surface area contributed by atoms with Crippen LogP contribution in [0.2, 0.25) is 0 Å². The molecular formula is C22H26FN3O4. The smallest absolute Gasteiger partial charge is 0.231 e. The number of benzene rings is 1. The lowest BCUT2D eigenvalue weighted by Crippen LogP contribution is -2.41. The molecular weight excluding hydrogens is 389 g/mol. The molecule has 2 bridgehead atoms. The molecule has 160 valence electrons. The zero-order valence-corrected chi connectivity index (χ0v) is 16.8. The molecule has 1 N–H and O–H groups in total. The molecule has 0 saturated carbocycles. The van der Waals surface area contributed by atoms with Crippen LogP contribution in [0.3, 0.4) is 0 Å². The lowest BCUT2D eigenvalue weighted by Gasteiger charge is -2.27. The Hall–Kier alpha value is -2.29. The second-order valence-corrected chi connectivity index (χ2v) is 8.47. The molecule has 3 fully saturated rings. The van der Waals surface area contributed by atoms with E-state index in [2.05, 4.69) is 10.2 Å². The summed E-state index contributed by atoms with van der Waals surface area (Å²) < 4.78 is 25.0. The van der Waals surface area contributed by atoms with Crippen LogP contribution in [0.25, 0.3) is 0 Å². The van der Waals surface area contributed by atoms with Gasteiger partial charge in [0.15, 0.2) is 0 Å². The van der Waals surface area contributed by atoms with E-state index in [9.17, 15) is 14.0 Å². The molecule has 4 atom stereocenters. The molecule has 8 heteroatoms.